The van der Waals surface area contributed by atoms with Crippen molar-refractivity contribution < 1.29 is 4.79 Å². The van der Waals surface area contributed by atoms with Crippen LogP contribution in [0.2, 0.25) is 0 Å². The number of nitrogens with zero attached hydrogens (tertiary/aromatic N) is 2. The van der Waals surface area contributed by atoms with Crippen molar-refractivity contribution in [1.82, 2.24) is 4.57 Å². The fraction of sp³-hybridized carbons (Fsp3) is 0.0476. The molecule has 4 heteroatoms. The largest absolute Gasteiger partial charge is 0.366 e. The Bertz CT molecular complexity index is 1160. The molecular weight excluding hydrogens is 310 g/mol. The van der Waals surface area contributed by atoms with Crippen LogP contribution in [0.25, 0.3) is 21.8 Å². The summed E-state index contributed by atoms with van der Waals surface area (Å²) < 4.78 is 2.10. The van der Waals surface area contributed by atoms with E-state index in [1.165, 1.54) is 0 Å². The highest BCUT2D eigenvalue weighted by atomic mass is 16.1. The normalized spacial score (nSPS) is 10.8. The second-order valence-corrected chi connectivity index (χ2v) is 5.85. The molecule has 0 aliphatic carbocycles. The highest BCUT2D eigenvalue weighted by Crippen LogP contribution is 2.32. The summed E-state index contributed by atoms with van der Waals surface area (Å²) in [4.78, 5) is 11.9. The summed E-state index contributed by atoms with van der Waals surface area (Å²) in [6, 6.07) is 24.3. The summed E-state index contributed by atoms with van der Waals surface area (Å²) in [5, 5.41) is 11.0. The molecule has 1 amide bonds. The monoisotopic (exact) mass is 324 g/mol. The number of rotatable bonds is 3. The van der Waals surface area contributed by atoms with Crippen LogP contribution in [0, 0.1) is 17.4 Å². The van der Waals surface area contributed by atoms with Crippen LogP contribution in [-0.2, 0) is 6.54 Å². The zero-order chi connectivity index (χ0) is 17.4. The topological polar surface area (TPSA) is 71.8 Å². The highest BCUT2D eigenvalue weighted by Gasteiger charge is 2.16. The lowest BCUT2D eigenvalue weighted by Gasteiger charge is -2.09. The van der Waals surface area contributed by atoms with E-state index in [0.717, 1.165) is 27.4 Å². The standard InChI is InChI=1S/C21H14N3O/c22-12-14-6-1-2-7-15(14)13-24-18-10-4-3-8-16(18)20-17(21(23)25)9-5-11-19(20)24/h1-7,9-11H,13H2,(H2,23,25). The molecule has 4 nitrogen and oxygen atoms in total. The highest BCUT2D eigenvalue weighted by molar-refractivity contribution is 6.17. The van der Waals surface area contributed by atoms with E-state index in [0.29, 0.717) is 17.7 Å². The van der Waals surface area contributed by atoms with Gasteiger partial charge in [0.15, 0.2) is 0 Å². The second-order valence-electron chi connectivity index (χ2n) is 5.85. The second kappa shape index (κ2) is 5.81. The summed E-state index contributed by atoms with van der Waals surface area (Å²) in [6.07, 6.45) is 0. The molecule has 2 N–H and O–H groups in total. The number of primary amides is 1. The van der Waals surface area contributed by atoms with Gasteiger partial charge in [0.05, 0.1) is 22.7 Å². The Labute approximate surface area is 144 Å². The van der Waals surface area contributed by atoms with Crippen molar-refractivity contribution in [3.63, 3.8) is 0 Å². The summed E-state index contributed by atoms with van der Waals surface area (Å²) in [6.45, 7) is 0.532. The van der Waals surface area contributed by atoms with Crippen molar-refractivity contribution in [2.24, 2.45) is 5.73 Å². The zero-order valence-corrected chi connectivity index (χ0v) is 13.4. The average molecular weight is 324 g/mol. The van der Waals surface area contributed by atoms with Crippen LogP contribution in [0.3, 0.4) is 0 Å². The van der Waals surface area contributed by atoms with E-state index < -0.39 is 5.91 Å². The van der Waals surface area contributed by atoms with Gasteiger partial charge in [0.25, 0.3) is 0 Å². The van der Waals surface area contributed by atoms with E-state index in [9.17, 15) is 10.1 Å². The fourth-order valence-electron chi connectivity index (χ4n) is 3.32. The number of nitriles is 1. The van der Waals surface area contributed by atoms with Crippen LogP contribution in [0.5, 0.6) is 0 Å². The van der Waals surface area contributed by atoms with Gasteiger partial charge in [0.2, 0.25) is 5.91 Å². The molecule has 0 saturated carbocycles. The Morgan fingerprint density at radius 1 is 1.08 bits per heavy atom. The third-order valence-corrected chi connectivity index (χ3v) is 4.44. The number of hydrogen-bond acceptors (Lipinski definition) is 2. The number of amides is 1. The van der Waals surface area contributed by atoms with E-state index in [-0.39, 0.29) is 0 Å². The average Bonchev–Trinajstić information content (AvgIpc) is 2.96. The van der Waals surface area contributed by atoms with Gasteiger partial charge in [-0.3, -0.25) is 4.79 Å². The van der Waals surface area contributed by atoms with Gasteiger partial charge >= 0.3 is 0 Å². The van der Waals surface area contributed by atoms with E-state index in [2.05, 4.69) is 16.7 Å². The molecule has 3 aromatic carbocycles. The van der Waals surface area contributed by atoms with Gasteiger partial charge in [-0.15, -0.1) is 0 Å². The summed E-state index contributed by atoms with van der Waals surface area (Å²) in [7, 11) is 0. The first-order valence-corrected chi connectivity index (χ1v) is 7.90. The van der Waals surface area contributed by atoms with Crippen molar-refractivity contribution >= 4 is 27.7 Å². The molecule has 0 aliphatic rings. The first-order chi connectivity index (χ1) is 12.2. The molecule has 25 heavy (non-hydrogen) atoms. The molecule has 0 spiro atoms. The van der Waals surface area contributed by atoms with Crippen molar-refractivity contribution in [2.45, 2.75) is 6.54 Å². The lowest BCUT2D eigenvalue weighted by molar-refractivity contribution is 0.100. The molecular formula is C21H14N3O. The molecule has 1 heterocycles. The molecule has 4 aromatic rings. The SMILES string of the molecule is N#Cc1ccccc1Cn1c2ccc[c]c2c2c(C(N)=O)cccc21. The van der Waals surface area contributed by atoms with E-state index >= 15 is 0 Å². The maximum Gasteiger partial charge on any atom is 0.249 e. The van der Waals surface area contributed by atoms with Crippen LogP contribution >= 0.6 is 0 Å². The maximum absolute atomic E-state index is 11.9. The van der Waals surface area contributed by atoms with E-state index in [4.69, 9.17) is 5.73 Å². The molecule has 1 aromatic heterocycles. The molecule has 0 atom stereocenters. The summed E-state index contributed by atoms with van der Waals surface area (Å²) in [5.41, 5.74) is 9.49. The van der Waals surface area contributed by atoms with Crippen molar-refractivity contribution in [2.75, 3.05) is 0 Å². The Balaban J connectivity index is 2.05. The van der Waals surface area contributed by atoms with Gasteiger partial charge in [-0.25, -0.2) is 0 Å². The minimum Gasteiger partial charge on any atom is -0.366 e. The first kappa shape index (κ1) is 15.0. The number of nitrogens with two attached hydrogens (primary N) is 1. The number of aromatic nitrogens is 1. The molecule has 1 radical (unpaired) electrons. The van der Waals surface area contributed by atoms with Gasteiger partial charge in [0.1, 0.15) is 0 Å². The predicted octanol–water partition coefficient (Wildman–Crippen LogP) is 3.61. The van der Waals surface area contributed by atoms with Crippen LogP contribution < -0.4 is 5.73 Å². The lowest BCUT2D eigenvalue weighted by atomic mass is 10.1. The van der Waals surface area contributed by atoms with Gasteiger partial charge in [-0.2, -0.15) is 5.26 Å². The number of benzene rings is 3. The molecule has 0 saturated heterocycles. The van der Waals surface area contributed by atoms with Crippen molar-refractivity contribution in [1.29, 1.82) is 5.26 Å². The molecule has 0 bridgehead atoms. The zero-order valence-electron chi connectivity index (χ0n) is 13.4. The lowest BCUT2D eigenvalue weighted by Crippen LogP contribution is -2.11. The molecule has 4 rings (SSSR count). The predicted molar refractivity (Wildman–Crippen MR) is 97.1 cm³/mol. The van der Waals surface area contributed by atoms with E-state index in [1.54, 1.807) is 6.07 Å². The summed E-state index contributed by atoms with van der Waals surface area (Å²) >= 11 is 0. The van der Waals surface area contributed by atoms with Crippen molar-refractivity contribution in [3.05, 3.63) is 83.4 Å². The van der Waals surface area contributed by atoms with Gasteiger partial charge < -0.3 is 10.3 Å². The van der Waals surface area contributed by atoms with Crippen LogP contribution in [0.4, 0.5) is 0 Å². The van der Waals surface area contributed by atoms with Crippen LogP contribution in [0.1, 0.15) is 21.5 Å². The van der Waals surface area contributed by atoms with Crippen molar-refractivity contribution in [3.8, 4) is 6.07 Å². The third kappa shape index (κ3) is 2.34. The van der Waals surface area contributed by atoms with Gasteiger partial charge in [0, 0.05) is 22.9 Å². The van der Waals surface area contributed by atoms with Crippen LogP contribution in [0.15, 0.2) is 60.7 Å². The molecule has 0 aliphatic heterocycles. The minimum absolute atomic E-state index is 0.459. The Morgan fingerprint density at radius 3 is 2.68 bits per heavy atom. The van der Waals surface area contributed by atoms with E-state index in [1.807, 2.05) is 54.6 Å². The quantitative estimate of drug-likeness (QED) is 0.625. The maximum atomic E-state index is 11.9. The molecule has 0 unspecified atom stereocenters. The first-order valence-electron chi connectivity index (χ1n) is 7.90. The van der Waals surface area contributed by atoms with Crippen LogP contribution in [-0.4, -0.2) is 10.5 Å². The molecule has 0 fully saturated rings. The summed E-state index contributed by atoms with van der Waals surface area (Å²) in [5.74, 6) is -0.459. The number of hydrogen-bond donors (Lipinski definition) is 1. The smallest absolute Gasteiger partial charge is 0.249 e. The third-order valence-electron chi connectivity index (χ3n) is 4.44. The van der Waals surface area contributed by atoms with Gasteiger partial charge in [-0.05, 0) is 35.9 Å². The number of carbonyl (C=O) groups excluding carboxylic acids is 1. The Morgan fingerprint density at radius 2 is 1.88 bits per heavy atom. The molecule has 119 valence electrons. The van der Waals surface area contributed by atoms with Gasteiger partial charge in [-0.1, -0.05) is 36.4 Å². The Hall–Kier alpha value is -3.58. The number of carbonyl (C=O) groups is 1. The minimum atomic E-state index is -0.459. The number of fused-ring (bicyclic) bond motifs is 3. The Kier molecular flexibility index (Phi) is 3.48. The fourth-order valence-corrected chi connectivity index (χ4v) is 3.32.